The summed E-state index contributed by atoms with van der Waals surface area (Å²) >= 11 is 3.90. The Balaban J connectivity index is 1.44. The van der Waals surface area contributed by atoms with Crippen LogP contribution >= 0.6 is 23.5 Å². The molecule has 2 aromatic carbocycles. The summed E-state index contributed by atoms with van der Waals surface area (Å²) in [5.41, 5.74) is 3.52. The van der Waals surface area contributed by atoms with E-state index in [4.69, 9.17) is 0 Å². The number of hydrogen-bond acceptors (Lipinski definition) is 4. The summed E-state index contributed by atoms with van der Waals surface area (Å²) in [6.45, 7) is 0.758. The smallest absolute Gasteiger partial charge is 0.255 e. The fraction of sp³-hybridized carbons (Fsp3) is 0.300. The molecule has 0 radical (unpaired) electrons. The molecule has 2 aliphatic heterocycles. The Bertz CT molecular complexity index is 817. The van der Waals surface area contributed by atoms with E-state index in [0.717, 1.165) is 24.3 Å². The topological polar surface area (TPSA) is 49.4 Å². The van der Waals surface area contributed by atoms with Gasteiger partial charge in [0.05, 0.1) is 4.58 Å². The molecule has 26 heavy (non-hydrogen) atoms. The number of carbonyl (C=O) groups is 2. The maximum absolute atomic E-state index is 12.5. The van der Waals surface area contributed by atoms with E-state index >= 15 is 0 Å². The van der Waals surface area contributed by atoms with E-state index in [2.05, 4.69) is 17.4 Å². The third-order valence-corrected chi connectivity index (χ3v) is 7.66. The molecule has 1 N–H and O–H groups in total. The van der Waals surface area contributed by atoms with Crippen molar-refractivity contribution in [1.29, 1.82) is 0 Å². The van der Waals surface area contributed by atoms with Crippen molar-refractivity contribution in [2.24, 2.45) is 0 Å². The van der Waals surface area contributed by atoms with Gasteiger partial charge in [0.15, 0.2) is 0 Å². The van der Waals surface area contributed by atoms with Gasteiger partial charge in [0.1, 0.15) is 0 Å². The molecule has 4 rings (SSSR count). The maximum atomic E-state index is 12.5. The largest absolute Gasteiger partial charge is 0.322 e. The second-order valence-corrected chi connectivity index (χ2v) is 9.07. The number of benzene rings is 2. The second-order valence-electron chi connectivity index (χ2n) is 6.35. The molecule has 2 fully saturated rings. The van der Waals surface area contributed by atoms with Crippen molar-refractivity contribution in [3.63, 3.8) is 0 Å². The number of rotatable bonds is 4. The Labute approximate surface area is 161 Å². The zero-order chi connectivity index (χ0) is 17.9. The van der Waals surface area contributed by atoms with Gasteiger partial charge in [-0.25, -0.2) is 0 Å². The third-order valence-electron chi connectivity index (χ3n) is 4.55. The van der Waals surface area contributed by atoms with E-state index in [1.807, 2.05) is 47.8 Å². The van der Waals surface area contributed by atoms with Gasteiger partial charge in [-0.05, 0) is 48.4 Å². The molecular formula is C20H20N2O2S2. The molecule has 2 amide bonds. The molecule has 4 nitrogen and oxygen atoms in total. The molecule has 0 unspecified atom stereocenters. The molecule has 0 saturated carbocycles. The summed E-state index contributed by atoms with van der Waals surface area (Å²) in [5, 5.41) is 2.98. The highest BCUT2D eigenvalue weighted by atomic mass is 32.2. The highest BCUT2D eigenvalue weighted by Crippen LogP contribution is 2.45. The van der Waals surface area contributed by atoms with Crippen molar-refractivity contribution in [3.8, 4) is 0 Å². The molecule has 0 bridgehead atoms. The maximum Gasteiger partial charge on any atom is 0.255 e. The van der Waals surface area contributed by atoms with E-state index in [9.17, 15) is 9.59 Å². The molecular weight excluding hydrogens is 364 g/mol. The summed E-state index contributed by atoms with van der Waals surface area (Å²) < 4.78 is 0.462. The lowest BCUT2D eigenvalue weighted by Gasteiger charge is -2.16. The summed E-state index contributed by atoms with van der Waals surface area (Å²) in [5.74, 6) is 2.38. The van der Waals surface area contributed by atoms with Crippen LogP contribution in [0.1, 0.15) is 33.3 Å². The van der Waals surface area contributed by atoms with Crippen molar-refractivity contribution >= 4 is 46.7 Å². The van der Waals surface area contributed by atoms with Crippen molar-refractivity contribution in [1.82, 2.24) is 0 Å². The van der Waals surface area contributed by atoms with Crippen LogP contribution in [0.4, 0.5) is 11.4 Å². The Hall–Kier alpha value is -1.92. The Morgan fingerprint density at radius 1 is 1.08 bits per heavy atom. The minimum absolute atomic E-state index is 0.131. The van der Waals surface area contributed by atoms with Crippen LogP contribution in [-0.4, -0.2) is 29.9 Å². The summed E-state index contributed by atoms with van der Waals surface area (Å²) in [7, 11) is 0. The van der Waals surface area contributed by atoms with Gasteiger partial charge < -0.3 is 10.2 Å². The zero-order valence-corrected chi connectivity index (χ0v) is 15.9. The number of carbonyl (C=O) groups excluding carboxylic acids is 2. The monoisotopic (exact) mass is 384 g/mol. The molecule has 0 aromatic heterocycles. The average Bonchev–Trinajstić information content (AvgIpc) is 3.34. The Morgan fingerprint density at radius 2 is 1.85 bits per heavy atom. The summed E-state index contributed by atoms with van der Waals surface area (Å²) in [4.78, 5) is 26.1. The minimum Gasteiger partial charge on any atom is -0.322 e. The predicted molar refractivity (Wildman–Crippen MR) is 110 cm³/mol. The van der Waals surface area contributed by atoms with Crippen LogP contribution in [0.5, 0.6) is 0 Å². The van der Waals surface area contributed by atoms with Crippen molar-refractivity contribution in [2.75, 3.05) is 28.3 Å². The van der Waals surface area contributed by atoms with Gasteiger partial charge in [0.2, 0.25) is 5.91 Å². The molecule has 2 aliphatic rings. The van der Waals surface area contributed by atoms with Gasteiger partial charge in [0, 0.05) is 41.4 Å². The Morgan fingerprint density at radius 3 is 2.54 bits per heavy atom. The number of nitrogens with one attached hydrogen (secondary N) is 1. The molecule has 0 spiro atoms. The lowest BCUT2D eigenvalue weighted by atomic mass is 10.1. The van der Waals surface area contributed by atoms with E-state index < -0.39 is 0 Å². The number of nitrogens with zero attached hydrogens (tertiary/aromatic N) is 1. The van der Waals surface area contributed by atoms with E-state index in [1.165, 1.54) is 17.1 Å². The molecule has 0 atom stereocenters. The van der Waals surface area contributed by atoms with Gasteiger partial charge in [0.25, 0.3) is 5.91 Å². The highest BCUT2D eigenvalue weighted by Gasteiger charge is 2.22. The summed E-state index contributed by atoms with van der Waals surface area (Å²) in [6.07, 6.45) is 1.51. The first-order chi connectivity index (χ1) is 12.7. The number of hydrogen-bond donors (Lipinski definition) is 1. The van der Waals surface area contributed by atoms with Crippen LogP contribution in [0.15, 0.2) is 48.5 Å². The van der Waals surface area contributed by atoms with E-state index in [0.29, 0.717) is 16.6 Å². The van der Waals surface area contributed by atoms with Crippen LogP contribution in [0.2, 0.25) is 0 Å². The van der Waals surface area contributed by atoms with Crippen LogP contribution in [0.25, 0.3) is 0 Å². The van der Waals surface area contributed by atoms with Crippen molar-refractivity contribution in [3.05, 3.63) is 59.7 Å². The number of amides is 2. The first kappa shape index (κ1) is 17.5. The van der Waals surface area contributed by atoms with Gasteiger partial charge in [-0.2, -0.15) is 0 Å². The number of anilines is 2. The molecule has 134 valence electrons. The highest BCUT2D eigenvalue weighted by molar-refractivity contribution is 8.19. The fourth-order valence-electron chi connectivity index (χ4n) is 3.23. The normalized spacial score (nSPS) is 17.7. The molecule has 0 aliphatic carbocycles. The number of thioether (sulfide) groups is 2. The van der Waals surface area contributed by atoms with Gasteiger partial charge in [-0.3, -0.25) is 9.59 Å². The molecule has 2 heterocycles. The van der Waals surface area contributed by atoms with E-state index in [1.54, 1.807) is 17.0 Å². The summed E-state index contributed by atoms with van der Waals surface area (Å²) in [6, 6.07) is 15.3. The van der Waals surface area contributed by atoms with E-state index in [-0.39, 0.29) is 11.8 Å². The first-order valence-electron chi connectivity index (χ1n) is 8.76. The fourth-order valence-corrected chi connectivity index (χ4v) is 6.07. The Kier molecular flexibility index (Phi) is 5.22. The van der Waals surface area contributed by atoms with Crippen molar-refractivity contribution in [2.45, 2.75) is 17.4 Å². The lowest BCUT2D eigenvalue weighted by molar-refractivity contribution is -0.117. The van der Waals surface area contributed by atoms with Gasteiger partial charge in [-0.15, -0.1) is 23.5 Å². The first-order valence-corrected chi connectivity index (χ1v) is 10.9. The van der Waals surface area contributed by atoms with Crippen molar-refractivity contribution < 1.29 is 9.59 Å². The molecule has 2 aromatic rings. The molecule has 6 heteroatoms. The van der Waals surface area contributed by atoms with Gasteiger partial charge in [-0.1, -0.05) is 12.1 Å². The SMILES string of the molecule is O=C(Nc1cccc(C2SCCS2)c1)c1ccc(N2CCCC2=O)cc1. The lowest BCUT2D eigenvalue weighted by Crippen LogP contribution is -2.23. The van der Waals surface area contributed by atoms with Crippen LogP contribution < -0.4 is 10.2 Å². The quantitative estimate of drug-likeness (QED) is 0.840. The van der Waals surface area contributed by atoms with Crippen LogP contribution in [0.3, 0.4) is 0 Å². The predicted octanol–water partition coefficient (Wildman–Crippen LogP) is 4.54. The second kappa shape index (κ2) is 7.76. The average molecular weight is 385 g/mol. The minimum atomic E-state index is -0.131. The third kappa shape index (κ3) is 3.76. The standard InChI is InChI=1S/C20H20N2O2S2/c23-18-5-2-10-22(18)17-8-6-14(7-9-17)19(24)21-16-4-1-3-15(13-16)20-25-11-12-26-20/h1,3-4,6-9,13,20H,2,5,10-12H2,(H,21,24). The van der Waals surface area contributed by atoms with Crippen LogP contribution in [0, 0.1) is 0 Å². The zero-order valence-electron chi connectivity index (χ0n) is 14.3. The molecule has 2 saturated heterocycles. The van der Waals surface area contributed by atoms with Gasteiger partial charge >= 0.3 is 0 Å². The van der Waals surface area contributed by atoms with Crippen LogP contribution in [-0.2, 0) is 4.79 Å².